The second kappa shape index (κ2) is 6.22. The van der Waals surface area contributed by atoms with Crippen molar-refractivity contribution >= 4 is 23.7 Å². The van der Waals surface area contributed by atoms with Crippen LogP contribution in [0.4, 0.5) is 4.79 Å². The standard InChI is InChI=1S/C13H14N4O4S/c1-7(10(18)15-12(19)14-8-4-5-8)22-13-17-16-11(21-13)9-3-2-6-20-9/h2-3,6-8H,4-5H2,1H3,(H2,14,15,18,19). The van der Waals surface area contributed by atoms with Crippen molar-refractivity contribution in [3.63, 3.8) is 0 Å². The summed E-state index contributed by atoms with van der Waals surface area (Å²) in [5.74, 6) is 0.285. The molecule has 0 spiro atoms. The first-order chi connectivity index (χ1) is 10.6. The van der Waals surface area contributed by atoms with Crippen molar-refractivity contribution in [1.82, 2.24) is 20.8 Å². The van der Waals surface area contributed by atoms with Gasteiger partial charge in [-0.1, -0.05) is 11.8 Å². The molecule has 3 rings (SSSR count). The zero-order valence-corrected chi connectivity index (χ0v) is 12.6. The van der Waals surface area contributed by atoms with Gasteiger partial charge in [-0.05, 0) is 31.9 Å². The highest BCUT2D eigenvalue weighted by Crippen LogP contribution is 2.26. The zero-order valence-electron chi connectivity index (χ0n) is 11.7. The normalized spacial score (nSPS) is 15.3. The van der Waals surface area contributed by atoms with E-state index in [0.717, 1.165) is 24.6 Å². The van der Waals surface area contributed by atoms with Gasteiger partial charge in [-0.15, -0.1) is 10.2 Å². The minimum Gasteiger partial charge on any atom is -0.459 e. The molecule has 1 fully saturated rings. The number of carbonyl (C=O) groups is 2. The van der Waals surface area contributed by atoms with E-state index in [-0.39, 0.29) is 17.2 Å². The van der Waals surface area contributed by atoms with E-state index >= 15 is 0 Å². The van der Waals surface area contributed by atoms with Gasteiger partial charge in [0.2, 0.25) is 5.91 Å². The van der Waals surface area contributed by atoms with Crippen LogP contribution in [0.25, 0.3) is 11.7 Å². The van der Waals surface area contributed by atoms with Crippen molar-refractivity contribution in [1.29, 1.82) is 0 Å². The van der Waals surface area contributed by atoms with Gasteiger partial charge in [0.15, 0.2) is 5.76 Å². The lowest BCUT2D eigenvalue weighted by atomic mass is 10.4. The monoisotopic (exact) mass is 322 g/mol. The van der Waals surface area contributed by atoms with Crippen LogP contribution < -0.4 is 10.6 Å². The van der Waals surface area contributed by atoms with Crippen LogP contribution in [0.2, 0.25) is 0 Å². The molecule has 3 amide bonds. The number of thioether (sulfide) groups is 1. The van der Waals surface area contributed by atoms with Crippen molar-refractivity contribution < 1.29 is 18.4 Å². The van der Waals surface area contributed by atoms with Gasteiger partial charge in [-0.3, -0.25) is 10.1 Å². The summed E-state index contributed by atoms with van der Waals surface area (Å²) in [4.78, 5) is 23.4. The minimum absolute atomic E-state index is 0.197. The zero-order chi connectivity index (χ0) is 15.5. The van der Waals surface area contributed by atoms with E-state index in [1.807, 2.05) is 0 Å². The van der Waals surface area contributed by atoms with Gasteiger partial charge < -0.3 is 14.2 Å². The largest absolute Gasteiger partial charge is 0.459 e. The molecule has 0 bridgehead atoms. The molecule has 2 aromatic heterocycles. The van der Waals surface area contributed by atoms with E-state index in [2.05, 4.69) is 20.8 Å². The molecule has 1 aliphatic carbocycles. The summed E-state index contributed by atoms with van der Waals surface area (Å²) in [5.41, 5.74) is 0. The number of hydrogen-bond donors (Lipinski definition) is 2. The average Bonchev–Trinajstić information content (AvgIpc) is 2.96. The Hall–Kier alpha value is -2.29. The molecule has 0 radical (unpaired) electrons. The minimum atomic E-state index is -0.546. The number of nitrogens with one attached hydrogen (secondary N) is 2. The lowest BCUT2D eigenvalue weighted by Gasteiger charge is -2.09. The van der Waals surface area contributed by atoms with Gasteiger partial charge in [0.25, 0.3) is 11.1 Å². The summed E-state index contributed by atoms with van der Waals surface area (Å²) in [5, 5.41) is 12.3. The van der Waals surface area contributed by atoms with Crippen LogP contribution in [0.15, 0.2) is 32.5 Å². The number of aromatic nitrogens is 2. The molecule has 1 saturated carbocycles. The van der Waals surface area contributed by atoms with Crippen LogP contribution in [0.3, 0.4) is 0 Å². The molecule has 2 N–H and O–H groups in total. The van der Waals surface area contributed by atoms with E-state index in [9.17, 15) is 9.59 Å². The number of imide groups is 1. The van der Waals surface area contributed by atoms with Crippen LogP contribution in [-0.2, 0) is 4.79 Å². The summed E-state index contributed by atoms with van der Waals surface area (Å²) in [6.45, 7) is 1.65. The Balaban J connectivity index is 1.53. The Labute approximate surface area is 130 Å². The third-order valence-corrected chi connectivity index (χ3v) is 3.87. The number of hydrogen-bond acceptors (Lipinski definition) is 7. The molecule has 1 aliphatic rings. The predicted octanol–water partition coefficient (Wildman–Crippen LogP) is 1.80. The fourth-order valence-corrected chi connectivity index (χ4v) is 2.31. The lowest BCUT2D eigenvalue weighted by molar-refractivity contribution is -0.119. The van der Waals surface area contributed by atoms with Gasteiger partial charge in [-0.2, -0.15) is 0 Å². The second-order valence-corrected chi connectivity index (χ2v) is 6.14. The second-order valence-electron chi connectivity index (χ2n) is 4.85. The highest BCUT2D eigenvalue weighted by molar-refractivity contribution is 8.00. The highest BCUT2D eigenvalue weighted by atomic mass is 32.2. The Morgan fingerprint density at radius 3 is 2.91 bits per heavy atom. The van der Waals surface area contributed by atoms with Gasteiger partial charge in [-0.25, -0.2) is 4.79 Å². The number of nitrogens with zero attached hydrogens (tertiary/aromatic N) is 2. The Morgan fingerprint density at radius 1 is 1.41 bits per heavy atom. The van der Waals surface area contributed by atoms with Gasteiger partial charge in [0, 0.05) is 6.04 Å². The van der Waals surface area contributed by atoms with Gasteiger partial charge in [0.05, 0.1) is 11.5 Å². The molecular weight excluding hydrogens is 308 g/mol. The van der Waals surface area contributed by atoms with E-state index < -0.39 is 17.2 Å². The van der Waals surface area contributed by atoms with Crippen LogP contribution >= 0.6 is 11.8 Å². The molecule has 1 atom stereocenters. The molecule has 116 valence electrons. The van der Waals surface area contributed by atoms with Crippen molar-refractivity contribution in [2.24, 2.45) is 0 Å². The summed E-state index contributed by atoms with van der Waals surface area (Å²) < 4.78 is 10.5. The third kappa shape index (κ3) is 3.67. The predicted molar refractivity (Wildman–Crippen MR) is 77.0 cm³/mol. The number of furan rings is 1. The molecule has 9 heteroatoms. The SMILES string of the molecule is CC(Sc1nnc(-c2ccco2)o1)C(=O)NC(=O)NC1CC1. The van der Waals surface area contributed by atoms with Crippen LogP contribution in [0.5, 0.6) is 0 Å². The molecule has 2 aromatic rings. The van der Waals surface area contributed by atoms with E-state index in [4.69, 9.17) is 8.83 Å². The number of urea groups is 1. The van der Waals surface area contributed by atoms with Crippen LogP contribution in [0, 0.1) is 0 Å². The first kappa shape index (κ1) is 14.6. The maximum atomic E-state index is 11.9. The Bertz CT molecular complexity index is 665. The number of carbonyl (C=O) groups excluding carboxylic acids is 2. The molecule has 0 saturated heterocycles. The van der Waals surface area contributed by atoms with Crippen LogP contribution in [0.1, 0.15) is 19.8 Å². The lowest BCUT2D eigenvalue weighted by Crippen LogP contribution is -2.43. The molecule has 8 nitrogen and oxygen atoms in total. The summed E-state index contributed by atoms with van der Waals surface area (Å²) in [6.07, 6.45) is 3.42. The first-order valence-electron chi connectivity index (χ1n) is 6.77. The summed E-state index contributed by atoms with van der Waals surface area (Å²) in [7, 11) is 0. The van der Waals surface area contributed by atoms with E-state index in [1.165, 1.54) is 6.26 Å². The molecule has 22 heavy (non-hydrogen) atoms. The van der Waals surface area contributed by atoms with Crippen molar-refractivity contribution in [2.75, 3.05) is 0 Å². The third-order valence-electron chi connectivity index (χ3n) is 2.93. The van der Waals surface area contributed by atoms with Crippen molar-refractivity contribution in [3.05, 3.63) is 18.4 Å². The molecule has 2 heterocycles. The van der Waals surface area contributed by atoms with Crippen molar-refractivity contribution in [3.8, 4) is 11.7 Å². The van der Waals surface area contributed by atoms with E-state index in [1.54, 1.807) is 19.1 Å². The van der Waals surface area contributed by atoms with Gasteiger partial charge >= 0.3 is 6.03 Å². The first-order valence-corrected chi connectivity index (χ1v) is 7.65. The topological polar surface area (TPSA) is 110 Å². The summed E-state index contributed by atoms with van der Waals surface area (Å²) in [6, 6.07) is 3.13. The fraction of sp³-hybridized carbons (Fsp3) is 0.385. The highest BCUT2D eigenvalue weighted by Gasteiger charge is 2.26. The number of rotatable bonds is 5. The molecule has 1 unspecified atom stereocenters. The van der Waals surface area contributed by atoms with Crippen molar-refractivity contribution in [2.45, 2.75) is 36.3 Å². The molecule has 0 aromatic carbocycles. The maximum absolute atomic E-state index is 11.9. The van der Waals surface area contributed by atoms with Crippen LogP contribution in [-0.4, -0.2) is 33.4 Å². The smallest absolute Gasteiger partial charge is 0.321 e. The Morgan fingerprint density at radius 2 is 2.23 bits per heavy atom. The number of amides is 3. The van der Waals surface area contributed by atoms with Gasteiger partial charge in [0.1, 0.15) is 0 Å². The Kier molecular flexibility index (Phi) is 4.14. The average molecular weight is 322 g/mol. The quantitative estimate of drug-likeness (QED) is 0.807. The van der Waals surface area contributed by atoms with E-state index in [0.29, 0.717) is 5.76 Å². The molecule has 0 aliphatic heterocycles. The maximum Gasteiger partial charge on any atom is 0.321 e. The fourth-order valence-electron chi connectivity index (χ4n) is 1.62. The summed E-state index contributed by atoms with van der Waals surface area (Å²) >= 11 is 1.07. The molecular formula is C13H14N4O4S.